The van der Waals surface area contributed by atoms with E-state index in [1.165, 1.54) is 23.8 Å². The standard InChI is InChI=1S/C17H24F2N4O4/c1-10-13(11(2)23(20-10)17(18)19)7-14(24)21(3)9-15(25)22-6-4-5-12(8-22)16(26)27/h12,17H,4-9H2,1-3H3,(H,26,27). The van der Waals surface area contributed by atoms with Crippen molar-refractivity contribution >= 4 is 17.8 Å². The molecule has 27 heavy (non-hydrogen) atoms. The van der Waals surface area contributed by atoms with Crippen LogP contribution < -0.4 is 0 Å². The Morgan fingerprint density at radius 2 is 2.00 bits per heavy atom. The monoisotopic (exact) mass is 386 g/mol. The average molecular weight is 386 g/mol. The topological polar surface area (TPSA) is 95.7 Å². The molecule has 0 spiro atoms. The number of carbonyl (C=O) groups is 3. The second-order valence-corrected chi connectivity index (χ2v) is 6.82. The van der Waals surface area contributed by atoms with Crippen LogP contribution >= 0.6 is 0 Å². The number of nitrogens with zero attached hydrogens (tertiary/aromatic N) is 4. The molecule has 0 aliphatic carbocycles. The van der Waals surface area contributed by atoms with Crippen molar-refractivity contribution in [3.63, 3.8) is 0 Å². The molecule has 1 aromatic rings. The Balaban J connectivity index is 1.98. The molecule has 1 fully saturated rings. The number of rotatable bonds is 6. The van der Waals surface area contributed by atoms with Gasteiger partial charge in [-0.1, -0.05) is 0 Å². The molecule has 1 saturated heterocycles. The minimum absolute atomic E-state index is 0.133. The second kappa shape index (κ2) is 8.45. The predicted molar refractivity (Wildman–Crippen MR) is 91.2 cm³/mol. The lowest BCUT2D eigenvalue weighted by Gasteiger charge is -2.32. The maximum atomic E-state index is 12.9. The van der Waals surface area contributed by atoms with Crippen molar-refractivity contribution in [3.05, 3.63) is 17.0 Å². The minimum atomic E-state index is -2.78. The molecule has 150 valence electrons. The first-order valence-electron chi connectivity index (χ1n) is 8.69. The number of halogens is 2. The summed E-state index contributed by atoms with van der Waals surface area (Å²) in [7, 11) is 1.46. The number of piperidine rings is 1. The van der Waals surface area contributed by atoms with Crippen LogP contribution in [-0.4, -0.2) is 69.2 Å². The Morgan fingerprint density at radius 1 is 1.33 bits per heavy atom. The van der Waals surface area contributed by atoms with E-state index in [1.807, 2.05) is 0 Å². The minimum Gasteiger partial charge on any atom is -0.481 e. The number of carbonyl (C=O) groups excluding carboxylic acids is 2. The summed E-state index contributed by atoms with van der Waals surface area (Å²) in [6, 6.07) is 0. The molecule has 1 aromatic heterocycles. The fourth-order valence-electron chi connectivity index (χ4n) is 3.23. The third-order valence-corrected chi connectivity index (χ3v) is 4.91. The molecule has 0 aromatic carbocycles. The normalized spacial score (nSPS) is 17.3. The molecule has 2 amide bonds. The summed E-state index contributed by atoms with van der Waals surface area (Å²) in [6.07, 6.45) is 0.998. The molecule has 10 heteroatoms. The lowest BCUT2D eigenvalue weighted by Crippen LogP contribution is -2.47. The molecule has 1 atom stereocenters. The van der Waals surface area contributed by atoms with Gasteiger partial charge < -0.3 is 14.9 Å². The first kappa shape index (κ1) is 20.8. The van der Waals surface area contributed by atoms with Crippen LogP contribution in [0.5, 0.6) is 0 Å². The summed E-state index contributed by atoms with van der Waals surface area (Å²) in [5.74, 6) is -2.24. The first-order chi connectivity index (χ1) is 12.6. The van der Waals surface area contributed by atoms with Crippen LogP contribution in [0.15, 0.2) is 0 Å². The highest BCUT2D eigenvalue weighted by Crippen LogP contribution is 2.20. The van der Waals surface area contributed by atoms with Gasteiger partial charge in [0.2, 0.25) is 11.8 Å². The Morgan fingerprint density at radius 3 is 2.56 bits per heavy atom. The molecule has 2 rings (SSSR count). The fourth-order valence-corrected chi connectivity index (χ4v) is 3.23. The molecule has 1 unspecified atom stereocenters. The number of aryl methyl sites for hydroxylation is 1. The number of carboxylic acid groups (broad SMARTS) is 1. The van der Waals surface area contributed by atoms with E-state index >= 15 is 0 Å². The quantitative estimate of drug-likeness (QED) is 0.793. The smallest absolute Gasteiger partial charge is 0.333 e. The van der Waals surface area contributed by atoms with Crippen LogP contribution in [0.4, 0.5) is 8.78 Å². The van der Waals surface area contributed by atoms with Crippen molar-refractivity contribution in [3.8, 4) is 0 Å². The lowest BCUT2D eigenvalue weighted by molar-refractivity contribution is -0.147. The van der Waals surface area contributed by atoms with E-state index in [4.69, 9.17) is 5.11 Å². The number of likely N-dealkylation sites (N-methyl/N-ethyl adjacent to an activating group) is 1. The van der Waals surface area contributed by atoms with Gasteiger partial charge in [-0.15, -0.1) is 0 Å². The van der Waals surface area contributed by atoms with Gasteiger partial charge in [0.05, 0.1) is 24.6 Å². The van der Waals surface area contributed by atoms with E-state index in [2.05, 4.69) is 5.10 Å². The summed E-state index contributed by atoms with van der Waals surface area (Å²) in [4.78, 5) is 38.6. The average Bonchev–Trinajstić information content (AvgIpc) is 2.90. The maximum Gasteiger partial charge on any atom is 0.333 e. The van der Waals surface area contributed by atoms with Gasteiger partial charge in [-0.3, -0.25) is 14.4 Å². The molecule has 8 nitrogen and oxygen atoms in total. The van der Waals surface area contributed by atoms with E-state index in [-0.39, 0.29) is 31.1 Å². The lowest BCUT2D eigenvalue weighted by atomic mass is 9.98. The van der Waals surface area contributed by atoms with Crippen LogP contribution in [0, 0.1) is 19.8 Å². The predicted octanol–water partition coefficient (Wildman–Crippen LogP) is 1.22. The van der Waals surface area contributed by atoms with Crippen LogP contribution in [-0.2, 0) is 20.8 Å². The molecule has 0 radical (unpaired) electrons. The Hall–Kier alpha value is -2.52. The zero-order valence-corrected chi connectivity index (χ0v) is 15.6. The van der Waals surface area contributed by atoms with Gasteiger partial charge in [0, 0.05) is 31.4 Å². The summed E-state index contributed by atoms with van der Waals surface area (Å²) >= 11 is 0. The van der Waals surface area contributed by atoms with E-state index in [0.29, 0.717) is 35.3 Å². The number of aromatic nitrogens is 2. The van der Waals surface area contributed by atoms with Crippen LogP contribution in [0.1, 0.15) is 36.3 Å². The van der Waals surface area contributed by atoms with Crippen molar-refractivity contribution in [1.29, 1.82) is 0 Å². The Kier molecular flexibility index (Phi) is 6.50. The number of carboxylic acids is 1. The molecule has 1 aliphatic heterocycles. The number of hydrogen-bond donors (Lipinski definition) is 1. The van der Waals surface area contributed by atoms with Crippen molar-refractivity contribution in [2.75, 3.05) is 26.7 Å². The molecule has 0 saturated carbocycles. The zero-order valence-electron chi connectivity index (χ0n) is 15.6. The van der Waals surface area contributed by atoms with E-state index in [0.717, 1.165) is 0 Å². The summed E-state index contributed by atoms with van der Waals surface area (Å²) in [5.41, 5.74) is 0.987. The molecule has 2 heterocycles. The van der Waals surface area contributed by atoms with E-state index in [9.17, 15) is 23.2 Å². The molecule has 0 bridgehead atoms. The summed E-state index contributed by atoms with van der Waals surface area (Å²) < 4.78 is 26.4. The van der Waals surface area contributed by atoms with Crippen molar-refractivity contribution in [2.24, 2.45) is 5.92 Å². The largest absolute Gasteiger partial charge is 0.481 e. The van der Waals surface area contributed by atoms with Crippen LogP contribution in [0.3, 0.4) is 0 Å². The van der Waals surface area contributed by atoms with Gasteiger partial charge >= 0.3 is 12.5 Å². The Labute approximate surface area is 155 Å². The number of aliphatic carboxylic acids is 1. The van der Waals surface area contributed by atoms with Gasteiger partial charge in [-0.05, 0) is 26.7 Å². The maximum absolute atomic E-state index is 12.9. The number of likely N-dealkylation sites (tertiary alicyclic amines) is 1. The van der Waals surface area contributed by atoms with Crippen molar-refractivity contribution in [2.45, 2.75) is 39.7 Å². The number of amides is 2. The third kappa shape index (κ3) is 4.81. The highest BCUT2D eigenvalue weighted by molar-refractivity contribution is 5.86. The highest BCUT2D eigenvalue weighted by Gasteiger charge is 2.29. The SMILES string of the molecule is Cc1nn(C(F)F)c(C)c1CC(=O)N(C)CC(=O)N1CCCC(C(=O)O)C1. The molecular formula is C17H24F2N4O4. The number of hydrogen-bond acceptors (Lipinski definition) is 4. The van der Waals surface area contributed by atoms with Gasteiger partial charge in [-0.2, -0.15) is 13.9 Å². The van der Waals surface area contributed by atoms with Crippen LogP contribution in [0.25, 0.3) is 0 Å². The summed E-state index contributed by atoms with van der Waals surface area (Å²) in [6.45, 7) is 0.651. The molecule has 1 N–H and O–H groups in total. The molecule has 1 aliphatic rings. The Bertz CT molecular complexity index is 735. The highest BCUT2D eigenvalue weighted by atomic mass is 19.3. The fraction of sp³-hybridized carbons (Fsp3) is 0.647. The van der Waals surface area contributed by atoms with Gasteiger partial charge in [-0.25, -0.2) is 4.68 Å². The van der Waals surface area contributed by atoms with Gasteiger partial charge in [0.1, 0.15) is 0 Å². The van der Waals surface area contributed by atoms with E-state index < -0.39 is 24.3 Å². The number of alkyl halides is 2. The second-order valence-electron chi connectivity index (χ2n) is 6.82. The van der Waals surface area contributed by atoms with Gasteiger partial charge in [0.25, 0.3) is 0 Å². The third-order valence-electron chi connectivity index (χ3n) is 4.91. The van der Waals surface area contributed by atoms with Gasteiger partial charge in [0.15, 0.2) is 0 Å². The van der Waals surface area contributed by atoms with Crippen molar-refractivity contribution in [1.82, 2.24) is 19.6 Å². The van der Waals surface area contributed by atoms with Crippen LogP contribution in [0.2, 0.25) is 0 Å². The molecular weight excluding hydrogens is 362 g/mol. The first-order valence-corrected chi connectivity index (χ1v) is 8.69. The summed E-state index contributed by atoms with van der Waals surface area (Å²) in [5, 5.41) is 12.8. The zero-order chi connectivity index (χ0) is 20.3. The van der Waals surface area contributed by atoms with E-state index in [1.54, 1.807) is 6.92 Å². The van der Waals surface area contributed by atoms with Crippen molar-refractivity contribution < 1.29 is 28.3 Å².